The van der Waals surface area contributed by atoms with E-state index < -0.39 is 0 Å². The molecule has 6 rings (SSSR count). The van der Waals surface area contributed by atoms with Crippen LogP contribution in [0.5, 0.6) is 0 Å². The maximum Gasteiger partial charge on any atom is 0.0695 e. The zero-order valence-electron chi connectivity index (χ0n) is 29.8. The topological polar surface area (TPSA) is 59.9 Å². The van der Waals surface area contributed by atoms with E-state index in [0.717, 1.165) is 51.1 Å². The van der Waals surface area contributed by atoms with E-state index in [-0.39, 0.29) is 12.2 Å². The maximum absolute atomic E-state index is 10.0. The lowest BCUT2D eigenvalue weighted by atomic mass is 9.91. The SMILES string of the molecule is CC(C)N1CCN(C2CCC2)CC1.CC(C)N1CCN(C2CCCC2O)CC1.CC(C)N1CCN(C2CCCCC2O)CC1. The van der Waals surface area contributed by atoms with Crippen molar-refractivity contribution in [1.29, 1.82) is 0 Å². The quantitative estimate of drug-likeness (QED) is 0.465. The molecule has 6 fully saturated rings. The van der Waals surface area contributed by atoms with Gasteiger partial charge in [-0.3, -0.25) is 29.4 Å². The van der Waals surface area contributed by atoms with E-state index in [2.05, 4.69) is 70.9 Å². The zero-order valence-corrected chi connectivity index (χ0v) is 29.8. The summed E-state index contributed by atoms with van der Waals surface area (Å²) in [5.41, 5.74) is 0. The summed E-state index contributed by atoms with van der Waals surface area (Å²) >= 11 is 0. The molecule has 0 aromatic carbocycles. The maximum atomic E-state index is 10.0. The van der Waals surface area contributed by atoms with Crippen LogP contribution in [0.25, 0.3) is 0 Å². The molecular weight excluding hydrogens is 548 g/mol. The largest absolute Gasteiger partial charge is 0.391 e. The van der Waals surface area contributed by atoms with E-state index in [1.54, 1.807) is 0 Å². The number of piperazine rings is 3. The molecule has 4 atom stereocenters. The van der Waals surface area contributed by atoms with Crippen LogP contribution in [0.3, 0.4) is 0 Å². The van der Waals surface area contributed by atoms with Crippen molar-refractivity contribution in [3.8, 4) is 0 Å². The van der Waals surface area contributed by atoms with Gasteiger partial charge < -0.3 is 10.2 Å². The normalized spacial score (nSPS) is 32.8. The van der Waals surface area contributed by atoms with Crippen LogP contribution in [0.2, 0.25) is 0 Å². The summed E-state index contributed by atoms with van der Waals surface area (Å²) in [6, 6.07) is 3.93. The van der Waals surface area contributed by atoms with Gasteiger partial charge in [0.2, 0.25) is 0 Å². The minimum Gasteiger partial charge on any atom is -0.391 e. The summed E-state index contributed by atoms with van der Waals surface area (Å²) in [6.45, 7) is 28.1. The summed E-state index contributed by atoms with van der Waals surface area (Å²) in [7, 11) is 0. The van der Waals surface area contributed by atoms with Crippen molar-refractivity contribution in [2.75, 3.05) is 78.5 Å². The summed E-state index contributed by atoms with van der Waals surface area (Å²) in [5.74, 6) is 0. The molecule has 3 aliphatic carbocycles. The Hall–Kier alpha value is -0.320. The summed E-state index contributed by atoms with van der Waals surface area (Å²) in [4.78, 5) is 15.4. The van der Waals surface area contributed by atoms with Crippen LogP contribution in [0.1, 0.15) is 106 Å². The number of hydrogen-bond donors (Lipinski definition) is 2. The van der Waals surface area contributed by atoms with Gasteiger partial charge in [0.05, 0.1) is 12.2 Å². The Morgan fingerprint density at radius 2 is 0.705 bits per heavy atom. The number of nitrogens with zero attached hydrogens (tertiary/aromatic N) is 6. The van der Waals surface area contributed by atoms with Gasteiger partial charge in [0.15, 0.2) is 0 Å². The van der Waals surface area contributed by atoms with Gasteiger partial charge in [-0.15, -0.1) is 0 Å². The zero-order chi connectivity index (χ0) is 31.6. The van der Waals surface area contributed by atoms with Gasteiger partial charge in [0.1, 0.15) is 0 Å². The van der Waals surface area contributed by atoms with Crippen molar-refractivity contribution in [3.05, 3.63) is 0 Å². The van der Waals surface area contributed by atoms with Crippen molar-refractivity contribution in [1.82, 2.24) is 29.4 Å². The standard InChI is InChI=1S/C13H26N2O.C12H24N2O.C11H22N2/c1-11(2)14-7-9-15(10-8-14)12-5-3-4-6-13(12)16;1-10(2)13-6-8-14(9-7-13)11-4-3-5-12(11)15;1-10(2)12-6-8-13(9-7-12)11-4-3-5-11/h11-13,16H,3-10H2,1-2H3;10-12,15H,3-9H2,1-2H3;10-11H,3-9H2,1-2H3. The molecule has 0 amide bonds. The third-order valence-corrected chi connectivity index (χ3v) is 11.9. The number of rotatable bonds is 6. The lowest BCUT2D eigenvalue weighted by molar-refractivity contribution is -0.00809. The van der Waals surface area contributed by atoms with Crippen LogP contribution >= 0.6 is 0 Å². The van der Waals surface area contributed by atoms with Crippen LogP contribution < -0.4 is 0 Å². The molecule has 0 spiro atoms. The van der Waals surface area contributed by atoms with Crippen molar-refractivity contribution >= 4 is 0 Å². The highest BCUT2D eigenvalue weighted by Gasteiger charge is 2.33. The highest BCUT2D eigenvalue weighted by molar-refractivity contribution is 4.89. The number of hydrogen-bond acceptors (Lipinski definition) is 8. The van der Waals surface area contributed by atoms with E-state index in [1.807, 2.05) is 0 Å². The minimum atomic E-state index is -0.0700. The Morgan fingerprint density at radius 1 is 0.386 bits per heavy atom. The molecule has 0 bridgehead atoms. The fourth-order valence-corrected chi connectivity index (χ4v) is 8.41. The van der Waals surface area contributed by atoms with E-state index in [0.29, 0.717) is 24.2 Å². The Bertz CT molecular complexity index is 771. The van der Waals surface area contributed by atoms with Crippen LogP contribution in [-0.2, 0) is 0 Å². The van der Waals surface area contributed by atoms with Gasteiger partial charge in [0.25, 0.3) is 0 Å². The first-order valence-electron chi connectivity index (χ1n) is 18.9. The predicted octanol–water partition coefficient (Wildman–Crippen LogP) is 3.81. The lowest BCUT2D eigenvalue weighted by Crippen LogP contribution is -2.55. The average Bonchev–Trinajstić information content (AvgIpc) is 3.43. The molecule has 8 heteroatoms. The van der Waals surface area contributed by atoms with Crippen molar-refractivity contribution in [3.63, 3.8) is 0 Å². The summed E-state index contributed by atoms with van der Waals surface area (Å²) in [6.07, 6.45) is 12.4. The molecule has 8 nitrogen and oxygen atoms in total. The summed E-state index contributed by atoms with van der Waals surface area (Å²) < 4.78 is 0. The van der Waals surface area contributed by atoms with Gasteiger partial charge >= 0.3 is 0 Å². The first kappa shape index (κ1) is 36.5. The molecule has 6 aliphatic rings. The molecule has 3 heterocycles. The second-order valence-corrected chi connectivity index (χ2v) is 15.6. The highest BCUT2D eigenvalue weighted by Crippen LogP contribution is 2.27. The second kappa shape index (κ2) is 18.3. The Morgan fingerprint density at radius 3 is 1.00 bits per heavy atom. The van der Waals surface area contributed by atoms with Gasteiger partial charge in [-0.1, -0.05) is 19.3 Å². The molecule has 0 aromatic rings. The van der Waals surface area contributed by atoms with Gasteiger partial charge in [-0.05, 0) is 86.5 Å². The first-order valence-corrected chi connectivity index (χ1v) is 18.9. The van der Waals surface area contributed by atoms with Gasteiger partial charge in [-0.25, -0.2) is 0 Å². The van der Waals surface area contributed by atoms with Gasteiger partial charge in [0, 0.05) is 115 Å². The monoisotopic (exact) mass is 621 g/mol. The molecule has 3 saturated heterocycles. The van der Waals surface area contributed by atoms with Gasteiger partial charge in [-0.2, -0.15) is 0 Å². The van der Waals surface area contributed by atoms with Crippen LogP contribution in [0.15, 0.2) is 0 Å². The van der Waals surface area contributed by atoms with Crippen LogP contribution in [0, 0.1) is 0 Å². The molecule has 0 radical (unpaired) electrons. The van der Waals surface area contributed by atoms with Crippen molar-refractivity contribution in [2.24, 2.45) is 0 Å². The summed E-state index contributed by atoms with van der Waals surface area (Å²) in [5, 5.41) is 19.9. The molecule has 3 saturated carbocycles. The second-order valence-electron chi connectivity index (χ2n) is 15.6. The first-order chi connectivity index (χ1) is 21.1. The molecule has 0 aromatic heterocycles. The Labute approximate surface area is 272 Å². The predicted molar refractivity (Wildman–Crippen MR) is 184 cm³/mol. The number of aliphatic hydroxyl groups excluding tert-OH is 2. The van der Waals surface area contributed by atoms with E-state index in [1.165, 1.54) is 104 Å². The fraction of sp³-hybridized carbons (Fsp3) is 1.00. The van der Waals surface area contributed by atoms with E-state index in [4.69, 9.17) is 0 Å². The molecule has 4 unspecified atom stereocenters. The third-order valence-electron chi connectivity index (χ3n) is 11.9. The van der Waals surface area contributed by atoms with E-state index >= 15 is 0 Å². The Balaban J connectivity index is 0.000000151. The molecular formula is C36H72N6O2. The molecule has 2 N–H and O–H groups in total. The smallest absolute Gasteiger partial charge is 0.0695 e. The molecule has 44 heavy (non-hydrogen) atoms. The average molecular weight is 621 g/mol. The molecule has 3 aliphatic heterocycles. The Kier molecular flexibility index (Phi) is 15.2. The van der Waals surface area contributed by atoms with Crippen molar-refractivity contribution < 1.29 is 10.2 Å². The van der Waals surface area contributed by atoms with Crippen molar-refractivity contribution in [2.45, 2.75) is 154 Å². The number of aliphatic hydroxyl groups is 2. The van der Waals surface area contributed by atoms with Crippen LogP contribution in [-0.4, -0.2) is 167 Å². The van der Waals surface area contributed by atoms with Crippen LogP contribution in [0.4, 0.5) is 0 Å². The molecule has 258 valence electrons. The highest BCUT2D eigenvalue weighted by atomic mass is 16.3. The third kappa shape index (κ3) is 10.6. The minimum absolute atomic E-state index is 0.0596. The fourth-order valence-electron chi connectivity index (χ4n) is 8.41. The van der Waals surface area contributed by atoms with E-state index in [9.17, 15) is 10.2 Å². The lowest BCUT2D eigenvalue weighted by Gasteiger charge is -2.44.